The molecule has 0 saturated carbocycles. The van der Waals surface area contributed by atoms with E-state index in [-0.39, 0.29) is 18.2 Å². The van der Waals surface area contributed by atoms with Crippen LogP contribution in [0.1, 0.15) is 40.8 Å². The summed E-state index contributed by atoms with van der Waals surface area (Å²) < 4.78 is 25.5. The second-order valence-corrected chi connectivity index (χ2v) is 10.1. The molecule has 2 aromatic rings. The number of pyridine rings is 1. The molecule has 1 aromatic carbocycles. The predicted molar refractivity (Wildman–Crippen MR) is 115 cm³/mol. The highest BCUT2D eigenvalue weighted by atomic mass is 31.2. The van der Waals surface area contributed by atoms with Crippen molar-refractivity contribution in [2.45, 2.75) is 44.4 Å². The first-order valence-corrected chi connectivity index (χ1v) is 12.3. The van der Waals surface area contributed by atoms with Gasteiger partial charge in [0, 0.05) is 18.3 Å². The largest absolute Gasteiger partial charge is 0.387 e. The molecule has 1 unspecified atom stereocenters. The van der Waals surface area contributed by atoms with Gasteiger partial charge in [0.2, 0.25) is 0 Å². The van der Waals surface area contributed by atoms with Crippen LogP contribution in [-0.2, 0) is 13.8 Å². The number of nitrogens with one attached hydrogen (secondary N) is 1. The number of carbonyl (C=O) groups is 2. The van der Waals surface area contributed by atoms with Crippen LogP contribution in [0.15, 0.2) is 54.9 Å². The normalized spacial score (nSPS) is 25.8. The van der Waals surface area contributed by atoms with E-state index in [2.05, 4.69) is 5.09 Å². The van der Waals surface area contributed by atoms with Gasteiger partial charge >= 0.3 is 0 Å². The molecule has 172 valence electrons. The number of aliphatic hydroxyl groups excluding tert-OH is 2. The Morgan fingerprint density at radius 2 is 1.81 bits per heavy atom. The van der Waals surface area contributed by atoms with E-state index in [0.717, 1.165) is 0 Å². The molecule has 1 fully saturated rings. The smallest absolute Gasteiger partial charge is 0.292 e. The van der Waals surface area contributed by atoms with Gasteiger partial charge in [-0.3, -0.25) is 14.2 Å². The minimum atomic E-state index is -3.43. The van der Waals surface area contributed by atoms with E-state index < -0.39 is 38.1 Å². The molecule has 10 heteroatoms. The molecule has 0 bridgehead atoms. The summed E-state index contributed by atoms with van der Waals surface area (Å²) in [6.45, 7) is 4.08. The van der Waals surface area contributed by atoms with Gasteiger partial charge in [-0.15, -0.1) is 0 Å². The Balaban J connectivity index is 1.61. The maximum Gasteiger partial charge on any atom is 0.292 e. The number of ether oxygens (including phenoxy) is 1. The van der Waals surface area contributed by atoms with Gasteiger partial charge in [-0.25, -0.2) is 5.09 Å². The van der Waals surface area contributed by atoms with E-state index in [1.54, 1.807) is 55.6 Å². The average molecular weight is 463 g/mol. The monoisotopic (exact) mass is 463 g/mol. The van der Waals surface area contributed by atoms with Crippen LogP contribution in [0.4, 0.5) is 0 Å². The zero-order chi connectivity index (χ0) is 23.5. The quantitative estimate of drug-likeness (QED) is 0.290. The summed E-state index contributed by atoms with van der Waals surface area (Å²) in [6, 6.07) is 11.1. The molecule has 3 rings (SSSR count). The third-order valence-corrected chi connectivity index (χ3v) is 6.72. The Morgan fingerprint density at radius 1 is 1.16 bits per heavy atom. The van der Waals surface area contributed by atoms with Crippen LogP contribution in [0, 0.1) is 0 Å². The van der Waals surface area contributed by atoms with Gasteiger partial charge in [-0.2, -0.15) is 4.57 Å². The maximum atomic E-state index is 12.8. The van der Waals surface area contributed by atoms with Crippen LogP contribution in [0.2, 0.25) is 0 Å². The number of hydrogen-bond acceptors (Lipinski definition) is 7. The summed E-state index contributed by atoms with van der Waals surface area (Å²) in [5.41, 5.74) is 0.912. The molecule has 0 radical (unpaired) electrons. The first-order valence-electron chi connectivity index (χ1n) is 10.2. The summed E-state index contributed by atoms with van der Waals surface area (Å²) >= 11 is 0. The van der Waals surface area contributed by atoms with Gasteiger partial charge < -0.3 is 19.5 Å². The second-order valence-electron chi connectivity index (χ2n) is 7.87. The van der Waals surface area contributed by atoms with Crippen molar-refractivity contribution >= 4 is 19.1 Å². The van der Waals surface area contributed by atoms with E-state index in [4.69, 9.17) is 9.26 Å². The summed E-state index contributed by atoms with van der Waals surface area (Å²) in [5, 5.41) is 23.5. The molecule has 0 spiro atoms. The standard InChI is InChI=1S/C22H28N2O7P/c1-14(19(26)16-8-5-4-6-9-16)23-32(3,29)30-13-18-20(27)21(28)22(31-18)24-11-7-10-17(12-24)15(2)25/h4-12,14,18,20-22,27-28H,13H2,1-3H3,(H,23,29)/q+1/t14-,18+,20+,21+,22+,32?/m0/s1. The van der Waals surface area contributed by atoms with Crippen molar-refractivity contribution in [2.75, 3.05) is 13.3 Å². The molecular weight excluding hydrogens is 435 g/mol. The van der Waals surface area contributed by atoms with Gasteiger partial charge in [0.05, 0.1) is 18.2 Å². The summed E-state index contributed by atoms with van der Waals surface area (Å²) in [6.07, 6.45) is -1.34. The van der Waals surface area contributed by atoms with Crippen molar-refractivity contribution < 1.29 is 38.2 Å². The minimum Gasteiger partial charge on any atom is -0.387 e. The van der Waals surface area contributed by atoms with Crippen molar-refractivity contribution in [1.29, 1.82) is 0 Å². The van der Waals surface area contributed by atoms with Crippen molar-refractivity contribution in [1.82, 2.24) is 5.09 Å². The number of benzene rings is 1. The number of aromatic nitrogens is 1. The highest BCUT2D eigenvalue weighted by Crippen LogP contribution is 2.40. The van der Waals surface area contributed by atoms with Crippen LogP contribution >= 0.6 is 7.52 Å². The number of rotatable bonds is 9. The number of nitrogens with zero attached hydrogens (tertiary/aromatic N) is 1. The Bertz CT molecular complexity index is 1020. The fourth-order valence-electron chi connectivity index (χ4n) is 3.49. The van der Waals surface area contributed by atoms with Gasteiger partial charge in [0.1, 0.15) is 12.2 Å². The van der Waals surface area contributed by atoms with Crippen LogP contribution in [0.25, 0.3) is 0 Å². The number of ketones is 2. The molecule has 0 amide bonds. The molecule has 2 heterocycles. The Hall–Kier alpha value is -2.26. The van der Waals surface area contributed by atoms with E-state index >= 15 is 0 Å². The fraction of sp³-hybridized carbons (Fsp3) is 0.409. The number of hydrogen-bond donors (Lipinski definition) is 3. The lowest BCUT2D eigenvalue weighted by Gasteiger charge is -2.22. The molecule has 0 aliphatic carbocycles. The molecule has 1 aliphatic heterocycles. The van der Waals surface area contributed by atoms with Crippen molar-refractivity contribution in [3.05, 3.63) is 66.0 Å². The highest BCUT2D eigenvalue weighted by molar-refractivity contribution is 7.56. The molecule has 1 aromatic heterocycles. The molecule has 9 nitrogen and oxygen atoms in total. The third kappa shape index (κ3) is 5.75. The maximum absolute atomic E-state index is 12.8. The summed E-state index contributed by atoms with van der Waals surface area (Å²) in [4.78, 5) is 24.1. The highest BCUT2D eigenvalue weighted by Gasteiger charge is 2.48. The van der Waals surface area contributed by atoms with Gasteiger partial charge in [0.15, 0.2) is 30.1 Å². The lowest BCUT2D eigenvalue weighted by atomic mass is 10.1. The molecule has 1 aliphatic rings. The van der Waals surface area contributed by atoms with Crippen LogP contribution in [0.3, 0.4) is 0 Å². The zero-order valence-electron chi connectivity index (χ0n) is 18.1. The van der Waals surface area contributed by atoms with Gasteiger partial charge in [-0.05, 0) is 19.9 Å². The lowest BCUT2D eigenvalue weighted by Crippen LogP contribution is -2.46. The van der Waals surface area contributed by atoms with Crippen LogP contribution in [-0.4, -0.2) is 59.4 Å². The first-order chi connectivity index (χ1) is 15.1. The van der Waals surface area contributed by atoms with Gasteiger partial charge in [0.25, 0.3) is 13.7 Å². The molecular formula is C22H28N2O7P+. The third-order valence-electron chi connectivity index (χ3n) is 5.22. The Labute approximate surface area is 186 Å². The van der Waals surface area contributed by atoms with Gasteiger partial charge in [-0.1, -0.05) is 30.3 Å². The molecule has 3 N–H and O–H groups in total. The zero-order valence-corrected chi connectivity index (χ0v) is 19.0. The minimum absolute atomic E-state index is 0.149. The van der Waals surface area contributed by atoms with Crippen LogP contribution < -0.4 is 9.65 Å². The predicted octanol–water partition coefficient (Wildman–Crippen LogP) is 1.50. The SMILES string of the molecule is CC(=O)c1ccc[n+]([C@@H]2O[C@H](COP(C)(=O)N[C@@H](C)C(=O)c3ccccc3)[C@@H](O)[C@H]2O)c1. The first kappa shape index (κ1) is 24.4. The molecule has 1 saturated heterocycles. The summed E-state index contributed by atoms with van der Waals surface area (Å²) in [5.74, 6) is -0.380. The topological polar surface area (TPSA) is 126 Å². The lowest BCUT2D eigenvalue weighted by molar-refractivity contribution is -0.765. The van der Waals surface area contributed by atoms with E-state index in [1.165, 1.54) is 24.4 Å². The van der Waals surface area contributed by atoms with Crippen molar-refractivity contribution in [3.8, 4) is 0 Å². The van der Waals surface area contributed by atoms with Crippen LogP contribution in [0.5, 0.6) is 0 Å². The average Bonchev–Trinajstić information content (AvgIpc) is 3.06. The molecule has 6 atom stereocenters. The fourth-order valence-corrected chi connectivity index (χ4v) is 4.81. The van der Waals surface area contributed by atoms with E-state index in [0.29, 0.717) is 11.1 Å². The van der Waals surface area contributed by atoms with Crippen molar-refractivity contribution in [3.63, 3.8) is 0 Å². The summed E-state index contributed by atoms with van der Waals surface area (Å²) in [7, 11) is -3.43. The number of aliphatic hydroxyl groups is 2. The van der Waals surface area contributed by atoms with E-state index in [9.17, 15) is 24.4 Å². The number of Topliss-reactive ketones (excluding diaryl/α,β-unsaturated/α-hetero) is 2. The van der Waals surface area contributed by atoms with E-state index in [1.807, 2.05) is 0 Å². The van der Waals surface area contributed by atoms with Crippen molar-refractivity contribution in [2.24, 2.45) is 0 Å². The Kier molecular flexibility index (Phi) is 7.71. The second kappa shape index (κ2) is 10.1. The Morgan fingerprint density at radius 3 is 2.47 bits per heavy atom. The molecule has 32 heavy (non-hydrogen) atoms. The number of carbonyl (C=O) groups excluding carboxylic acids is 2.